The van der Waals surface area contributed by atoms with Crippen LogP contribution in [0.1, 0.15) is 30.2 Å². The number of ether oxygens (including phenoxy) is 2. The second kappa shape index (κ2) is 4.69. The predicted octanol–water partition coefficient (Wildman–Crippen LogP) is 0.220. The van der Waals surface area contributed by atoms with E-state index in [0.29, 0.717) is 24.9 Å². The Labute approximate surface area is 87.7 Å². The molecule has 1 saturated heterocycles. The molecule has 2 atom stereocenters. The molecule has 0 amide bonds. The average Bonchev–Trinajstić information content (AvgIpc) is 2.89. The minimum absolute atomic E-state index is 0.248. The van der Waals surface area contributed by atoms with Crippen LogP contribution >= 0.6 is 0 Å². The largest absolute Gasteiger partial charge is 0.381 e. The van der Waals surface area contributed by atoms with Gasteiger partial charge in [0, 0.05) is 26.2 Å². The fraction of sp³-hybridized carbons (Fsp3) is 0.778. The summed E-state index contributed by atoms with van der Waals surface area (Å²) in [4.78, 5) is 4.27. The van der Waals surface area contributed by atoms with Crippen molar-refractivity contribution in [3.05, 3.63) is 11.7 Å². The fourth-order valence-electron chi connectivity index (χ4n) is 1.58. The van der Waals surface area contributed by atoms with Crippen molar-refractivity contribution in [2.45, 2.75) is 18.4 Å². The number of methoxy groups -OCH3 is 1. The molecule has 1 fully saturated rings. The summed E-state index contributed by atoms with van der Waals surface area (Å²) in [5.74, 6) is 1.39. The SMILES string of the molecule is COC(CN)c1nc(C2CCOC2)no1. The predicted molar refractivity (Wildman–Crippen MR) is 51.3 cm³/mol. The maximum absolute atomic E-state index is 5.50. The summed E-state index contributed by atoms with van der Waals surface area (Å²) in [5.41, 5.74) is 5.50. The maximum atomic E-state index is 5.50. The molecule has 6 heteroatoms. The van der Waals surface area contributed by atoms with Gasteiger partial charge >= 0.3 is 0 Å². The topological polar surface area (TPSA) is 83.4 Å². The van der Waals surface area contributed by atoms with Gasteiger partial charge in [-0.2, -0.15) is 4.98 Å². The lowest BCUT2D eigenvalue weighted by molar-refractivity contribution is 0.0803. The number of nitrogens with zero attached hydrogens (tertiary/aromatic N) is 2. The normalized spacial score (nSPS) is 23.2. The lowest BCUT2D eigenvalue weighted by Gasteiger charge is -2.05. The van der Waals surface area contributed by atoms with Crippen molar-refractivity contribution in [2.75, 3.05) is 26.9 Å². The highest BCUT2D eigenvalue weighted by molar-refractivity contribution is 4.99. The molecule has 2 unspecified atom stereocenters. The molecule has 1 aromatic rings. The highest BCUT2D eigenvalue weighted by atomic mass is 16.5. The molecule has 2 N–H and O–H groups in total. The molecule has 1 aliphatic heterocycles. The van der Waals surface area contributed by atoms with E-state index in [1.54, 1.807) is 7.11 Å². The Balaban J connectivity index is 2.08. The molecule has 1 aliphatic rings. The fourth-order valence-corrected chi connectivity index (χ4v) is 1.58. The Morgan fingerprint density at radius 1 is 1.67 bits per heavy atom. The standard InChI is InChI=1S/C9H15N3O3/c1-13-7(4-10)9-11-8(12-15-9)6-2-3-14-5-6/h6-7H,2-5,10H2,1H3. The second-order valence-electron chi connectivity index (χ2n) is 3.51. The summed E-state index contributed by atoms with van der Waals surface area (Å²) >= 11 is 0. The van der Waals surface area contributed by atoms with Crippen molar-refractivity contribution < 1.29 is 14.0 Å². The molecule has 0 radical (unpaired) electrons. The number of nitrogens with two attached hydrogens (primary N) is 1. The van der Waals surface area contributed by atoms with Gasteiger partial charge in [0.15, 0.2) is 5.82 Å². The van der Waals surface area contributed by atoms with Crippen LogP contribution < -0.4 is 5.73 Å². The van der Waals surface area contributed by atoms with Gasteiger partial charge in [-0.25, -0.2) is 0 Å². The Morgan fingerprint density at radius 2 is 2.53 bits per heavy atom. The first-order chi connectivity index (χ1) is 7.35. The summed E-state index contributed by atoms with van der Waals surface area (Å²) < 4.78 is 15.5. The second-order valence-corrected chi connectivity index (χ2v) is 3.51. The molecular formula is C9H15N3O3. The van der Waals surface area contributed by atoms with Crippen LogP contribution in [0.25, 0.3) is 0 Å². The zero-order valence-corrected chi connectivity index (χ0v) is 8.68. The lowest BCUT2D eigenvalue weighted by atomic mass is 10.1. The van der Waals surface area contributed by atoms with Crippen LogP contribution in [0, 0.1) is 0 Å². The van der Waals surface area contributed by atoms with Crippen LogP contribution in [0.2, 0.25) is 0 Å². The van der Waals surface area contributed by atoms with Gasteiger partial charge in [-0.15, -0.1) is 0 Å². The minimum Gasteiger partial charge on any atom is -0.381 e. The molecular weight excluding hydrogens is 198 g/mol. The molecule has 1 aromatic heterocycles. The zero-order chi connectivity index (χ0) is 10.7. The van der Waals surface area contributed by atoms with Crippen LogP contribution in [0.3, 0.4) is 0 Å². The van der Waals surface area contributed by atoms with Gasteiger partial charge in [0.05, 0.1) is 6.61 Å². The third-order valence-corrected chi connectivity index (χ3v) is 2.53. The third kappa shape index (κ3) is 2.17. The summed E-state index contributed by atoms with van der Waals surface area (Å²) in [6.45, 7) is 1.76. The Hall–Kier alpha value is -0.980. The highest BCUT2D eigenvalue weighted by Gasteiger charge is 2.25. The first-order valence-electron chi connectivity index (χ1n) is 4.99. The minimum atomic E-state index is -0.312. The maximum Gasteiger partial charge on any atom is 0.257 e. The monoisotopic (exact) mass is 213 g/mol. The van der Waals surface area contributed by atoms with Crippen molar-refractivity contribution in [3.8, 4) is 0 Å². The van der Waals surface area contributed by atoms with Crippen molar-refractivity contribution in [2.24, 2.45) is 5.73 Å². The molecule has 0 aliphatic carbocycles. The number of hydrogen-bond donors (Lipinski definition) is 1. The van der Waals surface area contributed by atoms with Crippen molar-refractivity contribution in [1.29, 1.82) is 0 Å². The van der Waals surface area contributed by atoms with E-state index in [2.05, 4.69) is 10.1 Å². The first-order valence-corrected chi connectivity index (χ1v) is 4.99. The Bertz CT molecular complexity index is 289. The number of aromatic nitrogens is 2. The summed E-state index contributed by atoms with van der Waals surface area (Å²) in [6.07, 6.45) is 0.632. The van der Waals surface area contributed by atoms with E-state index >= 15 is 0 Å². The van der Waals surface area contributed by atoms with Crippen molar-refractivity contribution in [3.63, 3.8) is 0 Å². The van der Waals surface area contributed by atoms with E-state index < -0.39 is 0 Å². The molecule has 2 rings (SSSR count). The molecule has 0 bridgehead atoms. The smallest absolute Gasteiger partial charge is 0.257 e. The van der Waals surface area contributed by atoms with E-state index in [0.717, 1.165) is 13.0 Å². The highest BCUT2D eigenvalue weighted by Crippen LogP contribution is 2.24. The first kappa shape index (κ1) is 10.5. The van der Waals surface area contributed by atoms with Gasteiger partial charge in [-0.1, -0.05) is 5.16 Å². The molecule has 0 spiro atoms. The molecule has 2 heterocycles. The van der Waals surface area contributed by atoms with E-state index in [-0.39, 0.29) is 12.0 Å². The van der Waals surface area contributed by atoms with Crippen LogP contribution in [0.5, 0.6) is 0 Å². The van der Waals surface area contributed by atoms with Gasteiger partial charge in [0.25, 0.3) is 5.89 Å². The molecule has 0 aromatic carbocycles. The lowest BCUT2D eigenvalue weighted by Crippen LogP contribution is -2.14. The summed E-state index contributed by atoms with van der Waals surface area (Å²) in [6, 6.07) is 0. The van der Waals surface area contributed by atoms with Crippen LogP contribution in [-0.2, 0) is 9.47 Å². The van der Waals surface area contributed by atoms with E-state index in [1.807, 2.05) is 0 Å². The number of rotatable bonds is 4. The van der Waals surface area contributed by atoms with Gasteiger partial charge in [0.2, 0.25) is 0 Å². The molecule has 84 valence electrons. The van der Waals surface area contributed by atoms with E-state index in [9.17, 15) is 0 Å². The van der Waals surface area contributed by atoms with Gasteiger partial charge in [-0.05, 0) is 6.42 Å². The van der Waals surface area contributed by atoms with Crippen molar-refractivity contribution in [1.82, 2.24) is 10.1 Å². The van der Waals surface area contributed by atoms with Crippen molar-refractivity contribution >= 4 is 0 Å². The van der Waals surface area contributed by atoms with Crippen LogP contribution in [-0.4, -0.2) is 37.0 Å². The number of hydrogen-bond acceptors (Lipinski definition) is 6. The quantitative estimate of drug-likeness (QED) is 0.770. The Morgan fingerprint density at radius 3 is 3.13 bits per heavy atom. The van der Waals surface area contributed by atoms with Crippen LogP contribution in [0.4, 0.5) is 0 Å². The molecule has 0 saturated carbocycles. The average molecular weight is 213 g/mol. The van der Waals surface area contributed by atoms with Gasteiger partial charge < -0.3 is 19.7 Å². The van der Waals surface area contributed by atoms with Gasteiger partial charge in [0.1, 0.15) is 6.10 Å². The van der Waals surface area contributed by atoms with E-state index in [1.165, 1.54) is 0 Å². The zero-order valence-electron chi connectivity index (χ0n) is 8.68. The third-order valence-electron chi connectivity index (χ3n) is 2.53. The summed E-state index contributed by atoms with van der Waals surface area (Å²) in [7, 11) is 1.57. The van der Waals surface area contributed by atoms with Crippen LogP contribution in [0.15, 0.2) is 4.52 Å². The summed E-state index contributed by atoms with van der Waals surface area (Å²) in [5, 5.41) is 3.91. The molecule has 6 nitrogen and oxygen atoms in total. The van der Waals surface area contributed by atoms with Gasteiger partial charge in [-0.3, -0.25) is 0 Å². The Kier molecular flexibility index (Phi) is 3.30. The van der Waals surface area contributed by atoms with E-state index in [4.69, 9.17) is 19.7 Å². The molecule has 15 heavy (non-hydrogen) atoms.